The van der Waals surface area contributed by atoms with Gasteiger partial charge in [-0.2, -0.15) is 0 Å². The third-order valence-corrected chi connectivity index (χ3v) is 4.32. The quantitative estimate of drug-likeness (QED) is 0.415. The molecular formula is C21H32N2O4. The van der Waals surface area contributed by atoms with Gasteiger partial charge in [-0.05, 0) is 43.8 Å². The van der Waals surface area contributed by atoms with E-state index in [0.29, 0.717) is 19.7 Å². The van der Waals surface area contributed by atoms with Crippen LogP contribution in [-0.2, 0) is 14.3 Å². The molecule has 0 saturated carbocycles. The van der Waals surface area contributed by atoms with Gasteiger partial charge >= 0.3 is 5.97 Å². The lowest BCUT2D eigenvalue weighted by Gasteiger charge is -2.25. The molecule has 6 nitrogen and oxygen atoms in total. The standard InChI is InChI=1S/C21H32N2O4/c1-5-22(6-2)16-17-23(15-14-21(25)26-4)20(24)13-10-18-8-11-19(12-9-18)27-7-3/h8-13H,5-7,14-17H2,1-4H3/b13-10+. The Morgan fingerprint density at radius 2 is 1.67 bits per heavy atom. The molecule has 0 aliphatic heterocycles. The number of rotatable bonds is 12. The van der Waals surface area contributed by atoms with E-state index in [9.17, 15) is 9.59 Å². The van der Waals surface area contributed by atoms with Gasteiger partial charge in [0.1, 0.15) is 5.75 Å². The van der Waals surface area contributed by atoms with Gasteiger partial charge < -0.3 is 19.3 Å². The lowest BCUT2D eigenvalue weighted by atomic mass is 10.2. The van der Waals surface area contributed by atoms with E-state index in [-0.39, 0.29) is 18.3 Å². The van der Waals surface area contributed by atoms with E-state index in [1.807, 2.05) is 31.2 Å². The van der Waals surface area contributed by atoms with E-state index < -0.39 is 0 Å². The van der Waals surface area contributed by atoms with E-state index in [1.165, 1.54) is 7.11 Å². The third kappa shape index (κ3) is 8.73. The minimum Gasteiger partial charge on any atom is -0.494 e. The predicted molar refractivity (Wildman–Crippen MR) is 108 cm³/mol. The first kappa shape index (κ1) is 22.7. The first-order valence-electron chi connectivity index (χ1n) is 9.53. The summed E-state index contributed by atoms with van der Waals surface area (Å²) in [7, 11) is 1.36. The molecule has 1 aromatic carbocycles. The number of ether oxygens (including phenoxy) is 2. The summed E-state index contributed by atoms with van der Waals surface area (Å²) in [6.45, 7) is 10.3. The number of carbonyl (C=O) groups excluding carboxylic acids is 2. The molecule has 6 heteroatoms. The molecule has 0 bridgehead atoms. The van der Waals surface area contributed by atoms with Gasteiger partial charge in [0.15, 0.2) is 0 Å². The zero-order valence-electron chi connectivity index (χ0n) is 16.9. The summed E-state index contributed by atoms with van der Waals surface area (Å²) in [4.78, 5) is 28.0. The van der Waals surface area contributed by atoms with Crippen molar-refractivity contribution in [3.8, 4) is 5.75 Å². The largest absolute Gasteiger partial charge is 0.494 e. The zero-order valence-corrected chi connectivity index (χ0v) is 16.9. The SMILES string of the molecule is CCOc1ccc(/C=C/C(=O)N(CCC(=O)OC)CCN(CC)CC)cc1. The average molecular weight is 376 g/mol. The van der Waals surface area contributed by atoms with Crippen LogP contribution in [0.25, 0.3) is 6.08 Å². The first-order chi connectivity index (χ1) is 13.0. The molecule has 1 amide bonds. The van der Waals surface area contributed by atoms with Gasteiger partial charge in [0, 0.05) is 25.7 Å². The van der Waals surface area contributed by atoms with E-state index >= 15 is 0 Å². The highest BCUT2D eigenvalue weighted by molar-refractivity contribution is 5.92. The summed E-state index contributed by atoms with van der Waals surface area (Å²) < 4.78 is 10.1. The van der Waals surface area contributed by atoms with E-state index in [4.69, 9.17) is 9.47 Å². The molecule has 0 aromatic heterocycles. The van der Waals surface area contributed by atoms with Crippen molar-refractivity contribution in [1.29, 1.82) is 0 Å². The predicted octanol–water partition coefficient (Wildman–Crippen LogP) is 2.83. The number of hydrogen-bond donors (Lipinski definition) is 0. The molecular weight excluding hydrogens is 344 g/mol. The van der Waals surface area contributed by atoms with Crippen LogP contribution in [0.3, 0.4) is 0 Å². The molecule has 0 aliphatic carbocycles. The first-order valence-corrected chi connectivity index (χ1v) is 9.53. The van der Waals surface area contributed by atoms with E-state index in [2.05, 4.69) is 18.7 Å². The zero-order chi connectivity index (χ0) is 20.1. The van der Waals surface area contributed by atoms with Crippen molar-refractivity contribution in [2.24, 2.45) is 0 Å². The molecule has 0 radical (unpaired) electrons. The van der Waals surface area contributed by atoms with Crippen LogP contribution in [0, 0.1) is 0 Å². The normalized spacial score (nSPS) is 11.0. The lowest BCUT2D eigenvalue weighted by molar-refractivity contribution is -0.141. The molecule has 0 unspecified atom stereocenters. The van der Waals surface area contributed by atoms with Crippen LogP contribution in [0.4, 0.5) is 0 Å². The number of carbonyl (C=O) groups is 2. The Morgan fingerprint density at radius 1 is 1.00 bits per heavy atom. The maximum atomic E-state index is 12.6. The van der Waals surface area contributed by atoms with Crippen LogP contribution < -0.4 is 4.74 Å². The Balaban J connectivity index is 2.73. The molecule has 0 aliphatic rings. The number of nitrogens with zero attached hydrogens (tertiary/aromatic N) is 2. The third-order valence-electron chi connectivity index (χ3n) is 4.32. The second-order valence-corrected chi connectivity index (χ2v) is 6.01. The average Bonchev–Trinajstić information content (AvgIpc) is 2.70. The van der Waals surface area contributed by atoms with Gasteiger partial charge in [-0.25, -0.2) is 0 Å². The van der Waals surface area contributed by atoms with Crippen LogP contribution in [0.5, 0.6) is 5.75 Å². The molecule has 150 valence electrons. The number of hydrogen-bond acceptors (Lipinski definition) is 5. The van der Waals surface area contributed by atoms with Gasteiger partial charge in [0.05, 0.1) is 20.1 Å². The Kier molecular flexibility index (Phi) is 10.9. The fraction of sp³-hybridized carbons (Fsp3) is 0.524. The van der Waals surface area contributed by atoms with Crippen molar-refractivity contribution in [3.05, 3.63) is 35.9 Å². The lowest BCUT2D eigenvalue weighted by Crippen LogP contribution is -2.39. The van der Waals surface area contributed by atoms with Crippen molar-refractivity contribution < 1.29 is 19.1 Å². The van der Waals surface area contributed by atoms with E-state index in [0.717, 1.165) is 30.9 Å². The number of likely N-dealkylation sites (N-methyl/N-ethyl adjacent to an activating group) is 1. The fourth-order valence-corrected chi connectivity index (χ4v) is 2.58. The van der Waals surface area contributed by atoms with Crippen LogP contribution in [0.2, 0.25) is 0 Å². The molecule has 1 aromatic rings. The van der Waals surface area contributed by atoms with Gasteiger partial charge in [0.25, 0.3) is 0 Å². The number of benzene rings is 1. The second kappa shape index (κ2) is 12.9. The van der Waals surface area contributed by atoms with Gasteiger partial charge in [-0.15, -0.1) is 0 Å². The fourth-order valence-electron chi connectivity index (χ4n) is 2.58. The van der Waals surface area contributed by atoms with Crippen LogP contribution in [-0.4, -0.2) is 68.1 Å². The minimum atomic E-state index is -0.314. The summed E-state index contributed by atoms with van der Waals surface area (Å²) in [5.74, 6) is 0.381. The van der Waals surface area contributed by atoms with Gasteiger partial charge in [0.2, 0.25) is 5.91 Å². The van der Waals surface area contributed by atoms with Crippen LogP contribution in [0.1, 0.15) is 32.8 Å². The monoisotopic (exact) mass is 376 g/mol. The van der Waals surface area contributed by atoms with Gasteiger partial charge in [-0.1, -0.05) is 26.0 Å². The number of methoxy groups -OCH3 is 1. The van der Waals surface area contributed by atoms with Crippen molar-refractivity contribution in [2.75, 3.05) is 46.4 Å². The summed E-state index contributed by atoms with van der Waals surface area (Å²) >= 11 is 0. The Labute approximate surface area is 162 Å². The molecule has 0 heterocycles. The molecule has 0 fully saturated rings. The Bertz CT molecular complexity index is 595. The summed E-state index contributed by atoms with van der Waals surface area (Å²) in [6, 6.07) is 7.57. The molecule has 0 N–H and O–H groups in total. The van der Waals surface area contributed by atoms with Crippen molar-refractivity contribution in [1.82, 2.24) is 9.80 Å². The minimum absolute atomic E-state index is 0.111. The Morgan fingerprint density at radius 3 is 2.22 bits per heavy atom. The van der Waals surface area contributed by atoms with Crippen molar-refractivity contribution in [2.45, 2.75) is 27.2 Å². The van der Waals surface area contributed by atoms with Crippen LogP contribution >= 0.6 is 0 Å². The number of amides is 1. The molecule has 0 saturated heterocycles. The maximum absolute atomic E-state index is 12.6. The Hall–Kier alpha value is -2.34. The van der Waals surface area contributed by atoms with Crippen molar-refractivity contribution >= 4 is 18.0 Å². The summed E-state index contributed by atoms with van der Waals surface area (Å²) in [5, 5.41) is 0. The molecule has 0 spiro atoms. The summed E-state index contributed by atoms with van der Waals surface area (Å²) in [5.41, 5.74) is 0.920. The maximum Gasteiger partial charge on any atom is 0.307 e. The second-order valence-electron chi connectivity index (χ2n) is 6.01. The highest BCUT2D eigenvalue weighted by Crippen LogP contribution is 2.13. The highest BCUT2D eigenvalue weighted by Gasteiger charge is 2.14. The molecule has 1 rings (SSSR count). The highest BCUT2D eigenvalue weighted by atomic mass is 16.5. The summed E-state index contributed by atoms with van der Waals surface area (Å²) in [6.07, 6.45) is 3.52. The van der Waals surface area contributed by atoms with Crippen LogP contribution in [0.15, 0.2) is 30.3 Å². The van der Waals surface area contributed by atoms with Crippen molar-refractivity contribution in [3.63, 3.8) is 0 Å². The smallest absolute Gasteiger partial charge is 0.307 e. The van der Waals surface area contributed by atoms with Gasteiger partial charge in [-0.3, -0.25) is 9.59 Å². The topological polar surface area (TPSA) is 59.1 Å². The molecule has 27 heavy (non-hydrogen) atoms. The number of esters is 1. The van der Waals surface area contributed by atoms with E-state index in [1.54, 1.807) is 17.1 Å². The molecule has 0 atom stereocenters.